The Morgan fingerprint density at radius 2 is 2.00 bits per heavy atom. The lowest BCUT2D eigenvalue weighted by molar-refractivity contribution is -0.118. The van der Waals surface area contributed by atoms with E-state index in [0.29, 0.717) is 23.4 Å². The fourth-order valence-corrected chi connectivity index (χ4v) is 1.91. The van der Waals surface area contributed by atoms with Gasteiger partial charge in [0.05, 0.1) is 0 Å². The second-order valence-electron chi connectivity index (χ2n) is 4.30. The number of hydrogen-bond donors (Lipinski definition) is 1. The Labute approximate surface area is 130 Å². The molecule has 0 unspecified atom stereocenters. The van der Waals surface area contributed by atoms with Gasteiger partial charge in [-0.3, -0.25) is 9.59 Å². The van der Waals surface area contributed by atoms with Crippen molar-refractivity contribution in [1.82, 2.24) is 4.98 Å². The minimum Gasteiger partial charge on any atom is -0.481 e. The Kier molecular flexibility index (Phi) is 5.05. The highest BCUT2D eigenvalue weighted by Gasteiger charge is 2.08. The standard InChI is InChI=1S/C15H13BrN2O3/c1-10-2-7-14(13(8-19)17-10)21-9-15(20)18-12-5-3-11(16)4-6-12/h2-8H,9H2,1H3,(H,18,20). The summed E-state index contributed by atoms with van der Waals surface area (Å²) in [5, 5.41) is 2.69. The van der Waals surface area contributed by atoms with Crippen LogP contribution in [0.5, 0.6) is 5.75 Å². The number of aromatic nitrogens is 1. The van der Waals surface area contributed by atoms with Crippen molar-refractivity contribution in [3.05, 3.63) is 52.3 Å². The molecule has 0 aliphatic rings. The Hall–Kier alpha value is -2.21. The Morgan fingerprint density at radius 3 is 2.67 bits per heavy atom. The second kappa shape index (κ2) is 6.99. The predicted molar refractivity (Wildman–Crippen MR) is 82.6 cm³/mol. The Balaban J connectivity index is 1.95. The average Bonchev–Trinajstić information content (AvgIpc) is 2.48. The van der Waals surface area contributed by atoms with Gasteiger partial charge in [-0.25, -0.2) is 4.98 Å². The lowest BCUT2D eigenvalue weighted by Gasteiger charge is -2.09. The van der Waals surface area contributed by atoms with Gasteiger partial charge in [0, 0.05) is 15.9 Å². The zero-order valence-electron chi connectivity index (χ0n) is 11.3. The highest BCUT2D eigenvalue weighted by Crippen LogP contribution is 2.16. The minimum absolute atomic E-state index is 0.187. The summed E-state index contributed by atoms with van der Waals surface area (Å²) < 4.78 is 6.25. The van der Waals surface area contributed by atoms with Crippen molar-refractivity contribution in [2.75, 3.05) is 11.9 Å². The van der Waals surface area contributed by atoms with Crippen LogP contribution < -0.4 is 10.1 Å². The van der Waals surface area contributed by atoms with Crippen molar-refractivity contribution in [3.63, 3.8) is 0 Å². The Morgan fingerprint density at radius 1 is 1.29 bits per heavy atom. The van der Waals surface area contributed by atoms with Crippen molar-refractivity contribution in [2.24, 2.45) is 0 Å². The van der Waals surface area contributed by atoms with E-state index >= 15 is 0 Å². The number of aryl methyl sites for hydroxylation is 1. The van der Waals surface area contributed by atoms with E-state index in [9.17, 15) is 9.59 Å². The van der Waals surface area contributed by atoms with Crippen molar-refractivity contribution in [2.45, 2.75) is 6.92 Å². The molecule has 0 saturated heterocycles. The maximum Gasteiger partial charge on any atom is 0.262 e. The summed E-state index contributed by atoms with van der Waals surface area (Å²) in [6, 6.07) is 10.5. The molecule has 0 bridgehead atoms. The molecule has 6 heteroatoms. The summed E-state index contributed by atoms with van der Waals surface area (Å²) in [5.41, 5.74) is 1.57. The van der Waals surface area contributed by atoms with Crippen molar-refractivity contribution in [1.29, 1.82) is 0 Å². The number of rotatable bonds is 5. The van der Waals surface area contributed by atoms with Crippen LogP contribution in [0.15, 0.2) is 40.9 Å². The molecular weight excluding hydrogens is 336 g/mol. The number of amides is 1. The third kappa shape index (κ3) is 4.39. The summed E-state index contributed by atoms with van der Waals surface area (Å²) in [6.07, 6.45) is 0.606. The van der Waals surface area contributed by atoms with Crippen LogP contribution in [0.3, 0.4) is 0 Å². The number of nitrogens with one attached hydrogen (secondary N) is 1. The van der Waals surface area contributed by atoms with Gasteiger partial charge in [-0.1, -0.05) is 15.9 Å². The minimum atomic E-state index is -0.310. The maximum absolute atomic E-state index is 11.8. The largest absolute Gasteiger partial charge is 0.481 e. The zero-order chi connectivity index (χ0) is 15.2. The molecule has 1 heterocycles. The van der Waals surface area contributed by atoms with Crippen LogP contribution in [-0.4, -0.2) is 23.8 Å². The first kappa shape index (κ1) is 15.2. The van der Waals surface area contributed by atoms with Crippen LogP contribution in [0, 0.1) is 6.92 Å². The van der Waals surface area contributed by atoms with Gasteiger partial charge in [-0.15, -0.1) is 0 Å². The van der Waals surface area contributed by atoms with Crippen LogP contribution >= 0.6 is 15.9 Å². The van der Waals surface area contributed by atoms with Gasteiger partial charge < -0.3 is 10.1 Å². The fraction of sp³-hybridized carbons (Fsp3) is 0.133. The number of halogens is 1. The van der Waals surface area contributed by atoms with E-state index in [4.69, 9.17) is 4.74 Å². The van der Waals surface area contributed by atoms with E-state index in [0.717, 1.165) is 4.47 Å². The third-order valence-corrected chi connectivity index (χ3v) is 3.15. The van der Waals surface area contributed by atoms with Gasteiger partial charge in [-0.05, 0) is 43.3 Å². The number of carbonyl (C=O) groups is 2. The van der Waals surface area contributed by atoms with E-state index < -0.39 is 0 Å². The molecule has 1 amide bonds. The smallest absolute Gasteiger partial charge is 0.262 e. The van der Waals surface area contributed by atoms with Crippen molar-refractivity contribution in [3.8, 4) is 5.75 Å². The van der Waals surface area contributed by atoms with E-state index in [1.54, 1.807) is 31.2 Å². The monoisotopic (exact) mass is 348 g/mol. The predicted octanol–water partition coefficient (Wildman–Crippen LogP) is 2.98. The summed E-state index contributed by atoms with van der Waals surface area (Å²) in [4.78, 5) is 26.7. The van der Waals surface area contributed by atoms with Crippen LogP contribution in [0.25, 0.3) is 0 Å². The van der Waals surface area contributed by atoms with Crippen LogP contribution in [0.2, 0.25) is 0 Å². The van der Waals surface area contributed by atoms with Gasteiger partial charge in [0.25, 0.3) is 5.91 Å². The number of nitrogens with zero attached hydrogens (tertiary/aromatic N) is 1. The van der Waals surface area contributed by atoms with Crippen molar-refractivity contribution < 1.29 is 14.3 Å². The molecule has 0 spiro atoms. The van der Waals surface area contributed by atoms with E-state index in [1.807, 2.05) is 12.1 Å². The number of anilines is 1. The molecule has 21 heavy (non-hydrogen) atoms. The quantitative estimate of drug-likeness (QED) is 0.843. The summed E-state index contributed by atoms with van der Waals surface area (Å²) >= 11 is 3.32. The van der Waals surface area contributed by atoms with Gasteiger partial charge in [0.2, 0.25) is 0 Å². The molecule has 5 nitrogen and oxygen atoms in total. The SMILES string of the molecule is Cc1ccc(OCC(=O)Nc2ccc(Br)cc2)c(C=O)n1. The second-order valence-corrected chi connectivity index (χ2v) is 5.21. The maximum atomic E-state index is 11.8. The van der Waals surface area contributed by atoms with Gasteiger partial charge in [-0.2, -0.15) is 0 Å². The number of carbonyl (C=O) groups excluding carboxylic acids is 2. The lowest BCUT2D eigenvalue weighted by Crippen LogP contribution is -2.20. The number of benzene rings is 1. The number of hydrogen-bond acceptors (Lipinski definition) is 4. The molecule has 1 N–H and O–H groups in total. The average molecular weight is 349 g/mol. The molecule has 2 rings (SSSR count). The molecule has 108 valence electrons. The number of ether oxygens (including phenoxy) is 1. The summed E-state index contributed by atoms with van der Waals surface area (Å²) in [6.45, 7) is 1.58. The highest BCUT2D eigenvalue weighted by atomic mass is 79.9. The molecule has 1 aromatic heterocycles. The lowest BCUT2D eigenvalue weighted by atomic mass is 10.3. The van der Waals surface area contributed by atoms with Crippen LogP contribution in [0.4, 0.5) is 5.69 Å². The molecule has 0 atom stereocenters. The third-order valence-electron chi connectivity index (χ3n) is 2.62. The molecule has 0 aliphatic carbocycles. The molecule has 0 aliphatic heterocycles. The summed E-state index contributed by atoms with van der Waals surface area (Å²) in [5.74, 6) is -0.0173. The molecule has 0 saturated carbocycles. The normalized spacial score (nSPS) is 10.0. The zero-order valence-corrected chi connectivity index (χ0v) is 12.9. The molecule has 1 aromatic carbocycles. The molecule has 2 aromatic rings. The van der Waals surface area contributed by atoms with E-state index in [2.05, 4.69) is 26.2 Å². The van der Waals surface area contributed by atoms with Crippen molar-refractivity contribution >= 4 is 33.8 Å². The van der Waals surface area contributed by atoms with Gasteiger partial charge in [0.15, 0.2) is 12.9 Å². The highest BCUT2D eigenvalue weighted by molar-refractivity contribution is 9.10. The van der Waals surface area contributed by atoms with Crippen LogP contribution in [-0.2, 0) is 4.79 Å². The first-order valence-electron chi connectivity index (χ1n) is 6.19. The number of aldehydes is 1. The Bertz CT molecular complexity index is 656. The number of pyridine rings is 1. The van der Waals surface area contributed by atoms with E-state index in [-0.39, 0.29) is 18.2 Å². The summed E-state index contributed by atoms with van der Waals surface area (Å²) in [7, 11) is 0. The first-order chi connectivity index (χ1) is 10.1. The topological polar surface area (TPSA) is 68.3 Å². The fourth-order valence-electron chi connectivity index (χ4n) is 1.64. The van der Waals surface area contributed by atoms with Gasteiger partial charge in [0.1, 0.15) is 11.4 Å². The molecule has 0 radical (unpaired) electrons. The molecule has 0 fully saturated rings. The van der Waals surface area contributed by atoms with Gasteiger partial charge >= 0.3 is 0 Å². The van der Waals surface area contributed by atoms with Crippen LogP contribution in [0.1, 0.15) is 16.2 Å². The molecular formula is C15H13BrN2O3. The first-order valence-corrected chi connectivity index (χ1v) is 6.99. The van der Waals surface area contributed by atoms with E-state index in [1.165, 1.54) is 0 Å².